The maximum atomic E-state index is 8.84. The first-order chi connectivity index (χ1) is 7.54. The van der Waals surface area contributed by atoms with Crippen molar-refractivity contribution in [3.8, 4) is 6.07 Å². The van der Waals surface area contributed by atoms with Crippen LogP contribution in [0.3, 0.4) is 0 Å². The molecule has 1 rings (SSSR count). The van der Waals surface area contributed by atoms with E-state index in [0.29, 0.717) is 17.3 Å². The van der Waals surface area contributed by atoms with Gasteiger partial charge in [0.2, 0.25) is 0 Å². The molecule has 0 heterocycles. The Morgan fingerprint density at radius 1 is 1.50 bits per heavy atom. The molecule has 0 saturated carbocycles. The fraction of sp³-hybridized carbons (Fsp3) is 0.417. The number of hydrogen-bond acceptors (Lipinski definition) is 4. The van der Waals surface area contributed by atoms with Crippen molar-refractivity contribution in [1.29, 1.82) is 5.26 Å². The third-order valence-electron chi connectivity index (χ3n) is 2.66. The van der Waals surface area contributed by atoms with E-state index in [-0.39, 0.29) is 0 Å². The smallest absolute Gasteiger partial charge is 0.101 e. The number of anilines is 2. The van der Waals surface area contributed by atoms with Gasteiger partial charge in [0.25, 0.3) is 0 Å². The molecule has 0 aliphatic carbocycles. The molecule has 3 N–H and O–H groups in total. The lowest BCUT2D eigenvalue weighted by Crippen LogP contribution is -2.31. The number of rotatable bonds is 4. The van der Waals surface area contributed by atoms with Crippen molar-refractivity contribution in [3.63, 3.8) is 0 Å². The van der Waals surface area contributed by atoms with Crippen molar-refractivity contribution in [3.05, 3.63) is 23.8 Å². The van der Waals surface area contributed by atoms with E-state index < -0.39 is 0 Å². The number of hydrogen-bond donors (Lipinski definition) is 2. The molecule has 16 heavy (non-hydrogen) atoms. The van der Waals surface area contributed by atoms with Gasteiger partial charge in [0, 0.05) is 24.0 Å². The molecule has 0 fully saturated rings. The van der Waals surface area contributed by atoms with E-state index in [1.165, 1.54) is 0 Å². The normalized spacial score (nSPS) is 12.2. The first-order valence-electron chi connectivity index (χ1n) is 5.24. The van der Waals surface area contributed by atoms with Crippen LogP contribution in [-0.4, -0.2) is 31.6 Å². The molecule has 1 aromatic carbocycles. The Morgan fingerprint density at radius 2 is 2.19 bits per heavy atom. The van der Waals surface area contributed by atoms with Gasteiger partial charge >= 0.3 is 0 Å². The van der Waals surface area contributed by atoms with E-state index >= 15 is 0 Å². The summed E-state index contributed by atoms with van der Waals surface area (Å²) in [5.41, 5.74) is 7.61. The summed E-state index contributed by atoms with van der Waals surface area (Å²) in [7, 11) is 4.08. The predicted octanol–water partition coefficient (Wildman–Crippen LogP) is 1.50. The van der Waals surface area contributed by atoms with Crippen molar-refractivity contribution in [2.45, 2.75) is 13.0 Å². The van der Waals surface area contributed by atoms with Crippen LogP contribution in [0.2, 0.25) is 0 Å². The molecule has 0 aliphatic rings. The Balaban J connectivity index is 2.65. The van der Waals surface area contributed by atoms with Gasteiger partial charge in [0.1, 0.15) is 6.07 Å². The minimum absolute atomic E-state index is 0.433. The Hall–Kier alpha value is -1.73. The van der Waals surface area contributed by atoms with Gasteiger partial charge < -0.3 is 16.0 Å². The van der Waals surface area contributed by atoms with Crippen molar-refractivity contribution in [2.24, 2.45) is 0 Å². The molecule has 0 amide bonds. The molecule has 4 heteroatoms. The van der Waals surface area contributed by atoms with Crippen molar-refractivity contribution < 1.29 is 0 Å². The minimum atomic E-state index is 0.433. The molecule has 0 bridgehead atoms. The minimum Gasteiger partial charge on any atom is -0.398 e. The largest absolute Gasteiger partial charge is 0.398 e. The summed E-state index contributed by atoms with van der Waals surface area (Å²) in [6.07, 6.45) is 0. The van der Waals surface area contributed by atoms with Crippen LogP contribution in [0.4, 0.5) is 11.4 Å². The average molecular weight is 218 g/mol. The summed E-state index contributed by atoms with van der Waals surface area (Å²) in [5.74, 6) is 0. The van der Waals surface area contributed by atoms with E-state index in [4.69, 9.17) is 11.0 Å². The number of likely N-dealkylation sites (N-methyl/N-ethyl adjacent to an activating group) is 1. The second-order valence-corrected chi connectivity index (χ2v) is 4.11. The molecule has 0 saturated heterocycles. The SMILES string of the molecule is CC(CNc1ccc(N)c(C#N)c1)N(C)C. The lowest BCUT2D eigenvalue weighted by atomic mass is 10.1. The standard InChI is InChI=1S/C12H18N4/c1-9(16(2)3)8-15-11-4-5-12(14)10(6-11)7-13/h4-6,9,15H,8,14H2,1-3H3. The highest BCUT2D eigenvalue weighted by molar-refractivity contribution is 5.61. The summed E-state index contributed by atoms with van der Waals surface area (Å²) in [4.78, 5) is 2.13. The molecule has 1 unspecified atom stereocenters. The summed E-state index contributed by atoms with van der Waals surface area (Å²) in [6, 6.07) is 7.92. The Bertz CT molecular complexity index is 392. The molecule has 4 nitrogen and oxygen atoms in total. The summed E-state index contributed by atoms with van der Waals surface area (Å²) >= 11 is 0. The summed E-state index contributed by atoms with van der Waals surface area (Å²) in [5, 5.41) is 12.1. The zero-order chi connectivity index (χ0) is 12.1. The van der Waals surface area contributed by atoms with Gasteiger partial charge in [-0.2, -0.15) is 5.26 Å². The predicted molar refractivity (Wildman–Crippen MR) is 67.2 cm³/mol. The zero-order valence-corrected chi connectivity index (χ0v) is 9.99. The number of nitrogens with zero attached hydrogens (tertiary/aromatic N) is 2. The lowest BCUT2D eigenvalue weighted by molar-refractivity contribution is 0.326. The van der Waals surface area contributed by atoms with Crippen LogP contribution in [0.25, 0.3) is 0 Å². The quantitative estimate of drug-likeness (QED) is 0.752. The molecule has 1 aromatic rings. The van der Waals surface area contributed by atoms with E-state index in [2.05, 4.69) is 23.2 Å². The molecular weight excluding hydrogens is 200 g/mol. The number of benzene rings is 1. The highest BCUT2D eigenvalue weighted by Gasteiger charge is 2.04. The number of nitrogens with two attached hydrogens (primary N) is 1. The molecule has 86 valence electrons. The fourth-order valence-electron chi connectivity index (χ4n) is 1.21. The average Bonchev–Trinajstić information content (AvgIpc) is 2.27. The monoisotopic (exact) mass is 218 g/mol. The first-order valence-corrected chi connectivity index (χ1v) is 5.24. The third-order valence-corrected chi connectivity index (χ3v) is 2.66. The highest BCUT2D eigenvalue weighted by Crippen LogP contribution is 2.16. The Labute approximate surface area is 96.7 Å². The van der Waals surface area contributed by atoms with Crippen LogP contribution in [-0.2, 0) is 0 Å². The van der Waals surface area contributed by atoms with Crippen LogP contribution in [0, 0.1) is 11.3 Å². The Kier molecular flexibility index (Phi) is 4.15. The number of nitriles is 1. The molecule has 0 spiro atoms. The second kappa shape index (κ2) is 5.38. The van der Waals surface area contributed by atoms with E-state index in [9.17, 15) is 0 Å². The van der Waals surface area contributed by atoms with Crippen LogP contribution in [0.15, 0.2) is 18.2 Å². The van der Waals surface area contributed by atoms with Crippen molar-refractivity contribution >= 4 is 11.4 Å². The van der Waals surface area contributed by atoms with E-state index in [1.54, 1.807) is 12.1 Å². The van der Waals surface area contributed by atoms with E-state index in [1.807, 2.05) is 20.2 Å². The third kappa shape index (κ3) is 3.14. The number of nitrogen functional groups attached to an aromatic ring is 1. The molecular formula is C12H18N4. The lowest BCUT2D eigenvalue weighted by Gasteiger charge is -2.20. The highest BCUT2D eigenvalue weighted by atomic mass is 15.1. The maximum absolute atomic E-state index is 8.84. The first kappa shape index (κ1) is 12.3. The molecule has 0 radical (unpaired) electrons. The van der Waals surface area contributed by atoms with Crippen molar-refractivity contribution in [1.82, 2.24) is 4.90 Å². The van der Waals surface area contributed by atoms with Crippen LogP contribution in [0.5, 0.6) is 0 Å². The van der Waals surface area contributed by atoms with Crippen molar-refractivity contribution in [2.75, 3.05) is 31.7 Å². The van der Waals surface area contributed by atoms with Gasteiger partial charge in [-0.25, -0.2) is 0 Å². The van der Waals surface area contributed by atoms with Gasteiger partial charge in [0.15, 0.2) is 0 Å². The van der Waals surface area contributed by atoms with Gasteiger partial charge in [0.05, 0.1) is 5.56 Å². The number of nitrogens with one attached hydrogen (secondary N) is 1. The van der Waals surface area contributed by atoms with Gasteiger partial charge in [-0.05, 0) is 39.2 Å². The summed E-state index contributed by atoms with van der Waals surface area (Å²) in [6.45, 7) is 2.97. The van der Waals surface area contributed by atoms with E-state index in [0.717, 1.165) is 12.2 Å². The van der Waals surface area contributed by atoms with Crippen LogP contribution in [0.1, 0.15) is 12.5 Å². The van der Waals surface area contributed by atoms with Gasteiger partial charge in [-0.15, -0.1) is 0 Å². The maximum Gasteiger partial charge on any atom is 0.101 e. The van der Waals surface area contributed by atoms with Gasteiger partial charge in [-0.1, -0.05) is 0 Å². The summed E-state index contributed by atoms with van der Waals surface area (Å²) < 4.78 is 0. The van der Waals surface area contributed by atoms with Crippen LogP contribution < -0.4 is 11.1 Å². The molecule has 0 aliphatic heterocycles. The zero-order valence-electron chi connectivity index (χ0n) is 9.99. The van der Waals surface area contributed by atoms with Crippen LogP contribution >= 0.6 is 0 Å². The fourth-order valence-corrected chi connectivity index (χ4v) is 1.21. The Morgan fingerprint density at radius 3 is 2.75 bits per heavy atom. The second-order valence-electron chi connectivity index (χ2n) is 4.11. The topological polar surface area (TPSA) is 65.1 Å². The van der Waals surface area contributed by atoms with Gasteiger partial charge in [-0.3, -0.25) is 0 Å². The molecule has 1 atom stereocenters. The molecule has 0 aromatic heterocycles.